The molecule has 18 rings (SSSR count). The van der Waals surface area contributed by atoms with Gasteiger partial charge < -0.3 is 70.6 Å². The molecule has 1 fully saturated rings. The number of furan rings is 1. The summed E-state index contributed by atoms with van der Waals surface area (Å²) in [6.45, 7) is 5.34. The minimum Gasteiger partial charge on any atom is -0.495 e. The molecule has 0 spiro atoms. The number of aromatic amines is 5. The van der Waals surface area contributed by atoms with Gasteiger partial charge in [0.15, 0.2) is 0 Å². The average molecular weight is 2040 g/mol. The van der Waals surface area contributed by atoms with E-state index in [0.717, 1.165) is 85.0 Å². The van der Waals surface area contributed by atoms with Gasteiger partial charge in [-0.3, -0.25) is 54.3 Å². The number of hydrogen-bond acceptors (Lipinski definition) is 19. The number of H-pyrrole nitrogens is 5. The normalized spacial score (nSPS) is 12.4. The van der Waals surface area contributed by atoms with Crippen LogP contribution in [0.2, 0.25) is 25.1 Å². The number of aromatic nitrogens is 10. The number of aliphatic hydroxyl groups excluding tert-OH is 2. The first-order valence-electron chi connectivity index (χ1n) is 45.3. The molecule has 35 heteroatoms. The summed E-state index contributed by atoms with van der Waals surface area (Å²) in [7, 11) is 7.63. The molecular weight excluding hydrogens is 1930 g/mol. The fraction of sp³-hybridized carbons (Fsp3) is 0.165. The number of hydrogen-bond donors (Lipinski definition) is 13. The molecule has 144 heavy (non-hydrogen) atoms. The SMILES string of the molecule is COc1c(C(=O)NC2CC2)ccc2n[nH]c(/C=C/c3ccc(Cl)cc3)c12.COc1c(C(=O)NCc2ccco2)ccc2n[nH]c(/C=C/c3ccc(Cl)cc3)c12.COc1c(C(=O)N[C@@H](C)C(N)=O)ccc2n[nH]c(/C=C/c3ccc(Cl)cc3)c12.COc1c(C(=O)N[C@H](CO)C(C)C)ccc2n[nH]c(/C=C/c3ccc(Cl)cc3)c12.COc1c(C(=O)N[C@H](CO)c2ccccc2)ccc2n[nH]c(/C=C/c3ccc(Cl)cc3)c12. The number of primary amides is 1. The van der Waals surface area contributed by atoms with E-state index >= 15 is 0 Å². The van der Waals surface area contributed by atoms with Gasteiger partial charge in [0, 0.05) is 31.2 Å². The summed E-state index contributed by atoms with van der Waals surface area (Å²) in [5, 5.41) is 77.0. The number of carbonyl (C=O) groups excluding carboxylic acids is 6. The van der Waals surface area contributed by atoms with Crippen LogP contribution in [0.3, 0.4) is 0 Å². The van der Waals surface area contributed by atoms with Crippen molar-refractivity contribution < 1.29 is 67.1 Å². The van der Waals surface area contributed by atoms with E-state index < -0.39 is 23.9 Å². The summed E-state index contributed by atoms with van der Waals surface area (Å²) in [5.41, 5.74) is 20.0. The summed E-state index contributed by atoms with van der Waals surface area (Å²) in [5.74, 6) is 0.880. The lowest BCUT2D eigenvalue weighted by Crippen LogP contribution is -2.42. The molecule has 736 valence electrons. The molecule has 1 aliphatic carbocycles. The van der Waals surface area contributed by atoms with Gasteiger partial charge in [-0.15, -0.1) is 0 Å². The second-order valence-electron chi connectivity index (χ2n) is 33.0. The van der Waals surface area contributed by atoms with Crippen LogP contribution in [0, 0.1) is 5.92 Å². The Bertz CT molecular complexity index is 7550. The Morgan fingerprint density at radius 3 is 0.944 bits per heavy atom. The van der Waals surface area contributed by atoms with E-state index in [1.54, 1.807) is 92.2 Å². The standard InChI is InChI=1S/C25H22ClN3O3.C22H18ClN3O3.C22H24ClN3O3.C20H19ClN4O3.C20H18ClN3O2/c1-32-24-19(25(31)27-22(15-30)17-5-3-2-4-6-17)12-14-21-23(24)20(28-29-21)13-9-16-7-10-18(26)11-8-16;1-28-21-17(22(27)24-13-16-3-2-12-29-16)9-11-19-20(21)18(25-26-19)10-6-14-4-7-15(23)8-5-14;1-13(2)19(12-27)24-22(28)16-9-11-18-20(21(16)29-3)17(25-26-18)10-6-14-4-7-15(23)8-5-14;1-11(19(22)26)23-20(27)14-8-10-16-17(18(14)28-2)15(24-25-16)9-5-12-3-6-13(21)7-4-12;1-26-19-15(20(25)22-14-7-8-14)9-11-17-18(19)16(23-24-17)10-4-12-2-5-13(21)6-3-12/h2-14,22,30H,15H2,1H3,(H,27,31)(H,28,29);2-12H,13H2,1H3,(H,24,27)(H,25,26);4-11,13,19,27H,12H2,1-3H3,(H,24,28)(H,25,26);3-11H,1-2H3,(H2,22,26)(H,23,27)(H,24,25);2-6,9-11,14H,7-8H2,1H3,(H,22,25)(H,23,24)/b13-9+;2*10-6+;9-5+;10-4+/t22-;;19-;11-;/m1.10./s1. The van der Waals surface area contributed by atoms with Crippen molar-refractivity contribution in [3.05, 3.63) is 351 Å². The summed E-state index contributed by atoms with van der Waals surface area (Å²) < 4.78 is 33.1. The molecule has 17 aromatic rings. The molecule has 0 bridgehead atoms. The maximum absolute atomic E-state index is 13.1. The molecule has 0 unspecified atom stereocenters. The summed E-state index contributed by atoms with van der Waals surface area (Å²) >= 11 is 29.6. The molecule has 30 nitrogen and oxygen atoms in total. The van der Waals surface area contributed by atoms with E-state index in [2.05, 4.69) is 77.6 Å². The molecule has 0 aliphatic heterocycles. The first-order valence-corrected chi connectivity index (χ1v) is 47.2. The number of carbonyl (C=O) groups is 6. The van der Waals surface area contributed by atoms with Crippen molar-refractivity contribution in [2.45, 2.75) is 64.3 Å². The summed E-state index contributed by atoms with van der Waals surface area (Å²) in [4.78, 5) is 74.9. The van der Waals surface area contributed by atoms with Gasteiger partial charge in [0.2, 0.25) is 5.91 Å². The van der Waals surface area contributed by atoms with Crippen LogP contribution in [-0.2, 0) is 11.3 Å². The zero-order valence-electron chi connectivity index (χ0n) is 79.1. The summed E-state index contributed by atoms with van der Waals surface area (Å²) in [6.07, 6.45) is 22.7. The third-order valence-electron chi connectivity index (χ3n) is 23.0. The van der Waals surface area contributed by atoms with Crippen molar-refractivity contribution in [2.75, 3.05) is 48.8 Å². The minimum atomic E-state index is -0.804. The highest BCUT2D eigenvalue weighted by atomic mass is 35.5. The quantitative estimate of drug-likeness (QED) is 0.0192. The van der Waals surface area contributed by atoms with E-state index in [1.807, 2.05) is 220 Å². The van der Waals surface area contributed by atoms with Crippen molar-refractivity contribution in [1.82, 2.24) is 77.6 Å². The largest absolute Gasteiger partial charge is 0.495 e. The van der Waals surface area contributed by atoms with E-state index in [1.165, 1.54) is 35.4 Å². The first-order chi connectivity index (χ1) is 69.7. The number of fused-ring (bicyclic) bond motifs is 5. The topological polar surface area (TPSA) is 432 Å². The molecule has 6 aromatic heterocycles. The van der Waals surface area contributed by atoms with Crippen LogP contribution in [0.25, 0.3) is 115 Å². The van der Waals surface area contributed by atoms with E-state index in [0.29, 0.717) is 133 Å². The van der Waals surface area contributed by atoms with Crippen molar-refractivity contribution >= 4 is 209 Å². The smallest absolute Gasteiger partial charge is 0.255 e. The number of methoxy groups -OCH3 is 5. The van der Waals surface area contributed by atoms with Gasteiger partial charge in [0.1, 0.15) is 40.5 Å². The van der Waals surface area contributed by atoms with Gasteiger partial charge in [0.25, 0.3) is 29.5 Å². The number of amides is 6. The van der Waals surface area contributed by atoms with E-state index in [4.69, 9.17) is 91.8 Å². The molecule has 6 amide bonds. The van der Waals surface area contributed by atoms with Gasteiger partial charge in [-0.1, -0.05) is 193 Å². The molecule has 1 aliphatic rings. The van der Waals surface area contributed by atoms with Crippen LogP contribution in [0.4, 0.5) is 0 Å². The van der Waals surface area contributed by atoms with E-state index in [9.17, 15) is 39.0 Å². The Hall–Kier alpha value is -16.1. The number of rotatable bonds is 31. The molecule has 3 atom stereocenters. The molecule has 6 heterocycles. The van der Waals surface area contributed by atoms with E-state index in [-0.39, 0.29) is 60.4 Å². The number of halogens is 5. The van der Waals surface area contributed by atoms with Gasteiger partial charge >= 0.3 is 0 Å². The third-order valence-corrected chi connectivity index (χ3v) is 24.3. The lowest BCUT2D eigenvalue weighted by Gasteiger charge is -2.20. The van der Waals surface area contributed by atoms with Crippen LogP contribution in [0.1, 0.15) is 159 Å². The van der Waals surface area contributed by atoms with Crippen LogP contribution in [0.5, 0.6) is 28.7 Å². The first kappa shape index (κ1) is 104. The second-order valence-corrected chi connectivity index (χ2v) is 35.2. The zero-order valence-corrected chi connectivity index (χ0v) is 82.9. The summed E-state index contributed by atoms with van der Waals surface area (Å²) in [6, 6.07) is 66.1. The number of nitrogens with two attached hydrogens (primary N) is 1. The Morgan fingerprint density at radius 2 is 0.674 bits per heavy atom. The third kappa shape index (κ3) is 26.2. The molecule has 0 radical (unpaired) electrons. The molecule has 11 aromatic carbocycles. The highest BCUT2D eigenvalue weighted by Crippen LogP contribution is 2.40. The van der Waals surface area contributed by atoms with Gasteiger partial charge in [0.05, 0.1) is 184 Å². The maximum Gasteiger partial charge on any atom is 0.255 e. The number of ether oxygens (including phenoxy) is 5. The predicted molar refractivity (Wildman–Crippen MR) is 569 cm³/mol. The van der Waals surface area contributed by atoms with Crippen molar-refractivity contribution in [1.29, 1.82) is 0 Å². The van der Waals surface area contributed by atoms with Crippen LogP contribution in [0.15, 0.2) is 235 Å². The highest BCUT2D eigenvalue weighted by Gasteiger charge is 2.30. The zero-order chi connectivity index (χ0) is 102. The Labute approximate surface area is 852 Å². The van der Waals surface area contributed by atoms with Gasteiger partial charge in [-0.2, -0.15) is 25.5 Å². The molecule has 0 saturated heterocycles. The molecule has 14 N–H and O–H groups in total. The van der Waals surface area contributed by atoms with Gasteiger partial charge in [-0.05, 0) is 223 Å². The monoisotopic (exact) mass is 2030 g/mol. The number of aliphatic hydroxyl groups is 2. The van der Waals surface area contributed by atoms with Crippen LogP contribution < -0.4 is 56.0 Å². The lowest BCUT2D eigenvalue weighted by atomic mass is 10.0. The Morgan fingerprint density at radius 1 is 0.375 bits per heavy atom. The van der Waals surface area contributed by atoms with Crippen LogP contribution in [-0.4, -0.2) is 164 Å². The molecular formula is C109H101Cl5N16O14. The Balaban J connectivity index is 0.000000143. The fourth-order valence-corrected chi connectivity index (χ4v) is 15.8. The number of nitrogens with zero attached hydrogens (tertiary/aromatic N) is 5. The number of nitrogens with one attached hydrogen (secondary N) is 10. The maximum atomic E-state index is 13.1. The van der Waals surface area contributed by atoms with Gasteiger partial charge in [-0.25, -0.2) is 0 Å². The molecule has 1 saturated carbocycles. The predicted octanol–water partition coefficient (Wildman–Crippen LogP) is 21.2. The number of benzene rings is 11. The Kier molecular flexibility index (Phi) is 35.6. The fourth-order valence-electron chi connectivity index (χ4n) is 15.2. The van der Waals surface area contributed by atoms with Crippen molar-refractivity contribution in [2.24, 2.45) is 11.7 Å². The van der Waals surface area contributed by atoms with Crippen molar-refractivity contribution in [3.8, 4) is 28.7 Å². The second kappa shape index (κ2) is 49.4. The van der Waals surface area contributed by atoms with Crippen LogP contribution >= 0.6 is 58.0 Å². The van der Waals surface area contributed by atoms with Crippen molar-refractivity contribution in [3.63, 3.8) is 0 Å². The minimum absolute atomic E-state index is 0.102. The average Bonchev–Trinajstić information content (AvgIpc) is 1.60. The highest BCUT2D eigenvalue weighted by molar-refractivity contribution is 6.32. The lowest BCUT2D eigenvalue weighted by molar-refractivity contribution is -0.119.